The van der Waals surface area contributed by atoms with Crippen LogP contribution in [0.15, 0.2) is 24.4 Å². The fraction of sp³-hybridized carbons (Fsp3) is 0.615. The summed E-state index contributed by atoms with van der Waals surface area (Å²) in [6.45, 7) is 6.76. The molecule has 16 heavy (non-hydrogen) atoms. The maximum atomic E-state index is 4.40. The molecule has 1 aromatic heterocycles. The average Bonchev–Trinajstić information content (AvgIpc) is 2.30. The topological polar surface area (TPSA) is 28.2 Å². The predicted molar refractivity (Wildman–Crippen MR) is 66.2 cm³/mol. The van der Waals surface area contributed by atoms with Gasteiger partial charge in [0.1, 0.15) is 0 Å². The van der Waals surface area contributed by atoms with Crippen molar-refractivity contribution in [2.75, 3.05) is 19.6 Å². The van der Waals surface area contributed by atoms with Crippen LogP contribution in [0.4, 0.5) is 0 Å². The molecule has 1 aliphatic heterocycles. The van der Waals surface area contributed by atoms with Gasteiger partial charge in [-0.3, -0.25) is 9.88 Å². The van der Waals surface area contributed by atoms with E-state index >= 15 is 0 Å². The van der Waals surface area contributed by atoms with Crippen LogP contribution in [0.1, 0.15) is 25.5 Å². The van der Waals surface area contributed by atoms with Crippen LogP contribution in [0.3, 0.4) is 0 Å². The first-order chi connectivity index (χ1) is 7.86. The van der Waals surface area contributed by atoms with Crippen molar-refractivity contribution >= 4 is 0 Å². The Labute approximate surface area is 97.9 Å². The van der Waals surface area contributed by atoms with Crippen molar-refractivity contribution in [2.45, 2.75) is 32.4 Å². The minimum absolute atomic E-state index is 0.648. The molecule has 2 heterocycles. The minimum atomic E-state index is 0.648. The van der Waals surface area contributed by atoms with Crippen LogP contribution in [-0.2, 0) is 6.54 Å². The Bertz CT molecular complexity index is 299. The van der Waals surface area contributed by atoms with Crippen LogP contribution >= 0.6 is 0 Å². The van der Waals surface area contributed by atoms with E-state index in [1.165, 1.54) is 25.1 Å². The fourth-order valence-corrected chi connectivity index (χ4v) is 2.18. The van der Waals surface area contributed by atoms with Crippen LogP contribution in [0.2, 0.25) is 0 Å². The van der Waals surface area contributed by atoms with Gasteiger partial charge in [0.25, 0.3) is 0 Å². The van der Waals surface area contributed by atoms with Gasteiger partial charge in [0.2, 0.25) is 0 Å². The summed E-state index contributed by atoms with van der Waals surface area (Å²) in [5.74, 6) is 0. The van der Waals surface area contributed by atoms with Gasteiger partial charge in [0, 0.05) is 25.3 Å². The number of nitrogens with one attached hydrogen (secondary N) is 1. The van der Waals surface area contributed by atoms with Crippen molar-refractivity contribution in [3.63, 3.8) is 0 Å². The minimum Gasteiger partial charge on any atom is -0.317 e. The summed E-state index contributed by atoms with van der Waals surface area (Å²) in [6.07, 6.45) is 4.34. The van der Waals surface area contributed by atoms with Crippen LogP contribution in [-0.4, -0.2) is 35.6 Å². The van der Waals surface area contributed by atoms with Gasteiger partial charge in [0.05, 0.1) is 5.69 Å². The molecule has 2 rings (SSSR count). The second-order valence-corrected chi connectivity index (χ2v) is 4.53. The third-order valence-electron chi connectivity index (χ3n) is 3.25. The van der Waals surface area contributed by atoms with Gasteiger partial charge < -0.3 is 5.32 Å². The molecule has 0 amide bonds. The second-order valence-electron chi connectivity index (χ2n) is 4.53. The molecular weight excluding hydrogens is 198 g/mol. The van der Waals surface area contributed by atoms with Crippen LogP contribution in [0.25, 0.3) is 0 Å². The van der Waals surface area contributed by atoms with Crippen LogP contribution < -0.4 is 5.32 Å². The van der Waals surface area contributed by atoms with Crippen molar-refractivity contribution in [3.8, 4) is 0 Å². The molecule has 1 atom stereocenters. The number of pyridine rings is 1. The third-order valence-corrected chi connectivity index (χ3v) is 3.25. The number of nitrogens with zero attached hydrogens (tertiary/aromatic N) is 2. The molecule has 0 radical (unpaired) electrons. The highest BCUT2D eigenvalue weighted by atomic mass is 15.2. The molecule has 1 N–H and O–H groups in total. The molecule has 1 aromatic rings. The SMILES string of the molecule is CC1CCNCCCN1Cc1ccccn1. The zero-order chi connectivity index (χ0) is 11.2. The van der Waals surface area contributed by atoms with Crippen molar-refractivity contribution in [3.05, 3.63) is 30.1 Å². The standard InChI is InChI=1S/C13H21N3/c1-12-6-9-14-7-4-10-16(12)11-13-5-2-3-8-15-13/h2-3,5,8,12,14H,4,6-7,9-11H2,1H3. The largest absolute Gasteiger partial charge is 0.317 e. The van der Waals surface area contributed by atoms with Crippen LogP contribution in [0.5, 0.6) is 0 Å². The molecule has 1 fully saturated rings. The summed E-state index contributed by atoms with van der Waals surface area (Å²) < 4.78 is 0. The summed E-state index contributed by atoms with van der Waals surface area (Å²) >= 11 is 0. The molecule has 3 heteroatoms. The summed E-state index contributed by atoms with van der Waals surface area (Å²) in [4.78, 5) is 6.95. The van der Waals surface area contributed by atoms with E-state index in [1.807, 2.05) is 12.3 Å². The zero-order valence-corrected chi connectivity index (χ0v) is 10.0. The molecule has 1 unspecified atom stereocenters. The van der Waals surface area contributed by atoms with E-state index in [4.69, 9.17) is 0 Å². The van der Waals surface area contributed by atoms with Crippen LogP contribution in [0, 0.1) is 0 Å². The van der Waals surface area contributed by atoms with Crippen molar-refractivity contribution < 1.29 is 0 Å². The van der Waals surface area contributed by atoms with Crippen molar-refractivity contribution in [1.82, 2.24) is 15.2 Å². The summed E-state index contributed by atoms with van der Waals surface area (Å²) in [5, 5.41) is 3.46. The number of rotatable bonds is 2. The lowest BCUT2D eigenvalue weighted by molar-refractivity contribution is 0.175. The smallest absolute Gasteiger partial charge is 0.0544 e. The Balaban J connectivity index is 1.95. The Hall–Kier alpha value is -0.930. The Morgan fingerprint density at radius 1 is 1.44 bits per heavy atom. The van der Waals surface area contributed by atoms with Gasteiger partial charge in [0.15, 0.2) is 0 Å². The molecule has 1 aliphatic rings. The van der Waals surface area contributed by atoms with E-state index in [2.05, 4.69) is 34.3 Å². The molecule has 0 aromatic carbocycles. The van der Waals surface area contributed by atoms with Crippen molar-refractivity contribution in [1.29, 1.82) is 0 Å². The number of hydrogen-bond donors (Lipinski definition) is 1. The maximum Gasteiger partial charge on any atom is 0.0544 e. The molecule has 1 saturated heterocycles. The van der Waals surface area contributed by atoms with Gasteiger partial charge in [-0.2, -0.15) is 0 Å². The Kier molecular flexibility index (Phi) is 4.31. The molecule has 0 saturated carbocycles. The third kappa shape index (κ3) is 3.29. The highest BCUT2D eigenvalue weighted by Crippen LogP contribution is 2.10. The van der Waals surface area contributed by atoms with Gasteiger partial charge in [-0.15, -0.1) is 0 Å². The summed E-state index contributed by atoms with van der Waals surface area (Å²) in [5.41, 5.74) is 1.18. The van der Waals surface area contributed by atoms with Gasteiger partial charge in [-0.05, 0) is 45.0 Å². The normalized spacial score (nSPS) is 23.7. The van der Waals surface area contributed by atoms with Gasteiger partial charge >= 0.3 is 0 Å². The summed E-state index contributed by atoms with van der Waals surface area (Å²) in [6, 6.07) is 6.81. The first-order valence-electron chi connectivity index (χ1n) is 6.21. The molecule has 0 spiro atoms. The Morgan fingerprint density at radius 2 is 2.38 bits per heavy atom. The monoisotopic (exact) mass is 219 g/mol. The van der Waals surface area contributed by atoms with E-state index in [0.717, 1.165) is 19.6 Å². The highest BCUT2D eigenvalue weighted by molar-refractivity contribution is 5.03. The van der Waals surface area contributed by atoms with E-state index in [0.29, 0.717) is 6.04 Å². The van der Waals surface area contributed by atoms with E-state index in [-0.39, 0.29) is 0 Å². The molecule has 3 nitrogen and oxygen atoms in total. The average molecular weight is 219 g/mol. The fourth-order valence-electron chi connectivity index (χ4n) is 2.18. The predicted octanol–water partition coefficient (Wildman–Crippen LogP) is 1.66. The lowest BCUT2D eigenvalue weighted by Gasteiger charge is -2.31. The Morgan fingerprint density at radius 3 is 3.19 bits per heavy atom. The maximum absolute atomic E-state index is 4.40. The molecule has 88 valence electrons. The number of aromatic nitrogens is 1. The lowest BCUT2D eigenvalue weighted by Crippen LogP contribution is -2.39. The first-order valence-corrected chi connectivity index (χ1v) is 6.21. The van der Waals surface area contributed by atoms with E-state index in [1.54, 1.807) is 0 Å². The van der Waals surface area contributed by atoms with Crippen molar-refractivity contribution in [2.24, 2.45) is 0 Å². The highest BCUT2D eigenvalue weighted by Gasteiger charge is 2.15. The first kappa shape index (κ1) is 11.6. The van der Waals surface area contributed by atoms with E-state index < -0.39 is 0 Å². The zero-order valence-electron chi connectivity index (χ0n) is 10.0. The number of hydrogen-bond acceptors (Lipinski definition) is 3. The van der Waals surface area contributed by atoms with Gasteiger partial charge in [-0.25, -0.2) is 0 Å². The lowest BCUT2D eigenvalue weighted by atomic mass is 10.1. The summed E-state index contributed by atoms with van der Waals surface area (Å²) in [7, 11) is 0. The van der Waals surface area contributed by atoms with E-state index in [9.17, 15) is 0 Å². The van der Waals surface area contributed by atoms with Gasteiger partial charge in [-0.1, -0.05) is 6.07 Å². The second kappa shape index (κ2) is 5.97. The molecule has 0 aliphatic carbocycles. The molecular formula is C13H21N3. The quantitative estimate of drug-likeness (QED) is 0.820. The molecule has 0 bridgehead atoms.